The van der Waals surface area contributed by atoms with Crippen molar-refractivity contribution in [3.05, 3.63) is 0 Å². The van der Waals surface area contributed by atoms with Crippen molar-refractivity contribution in [1.82, 2.24) is 4.90 Å². The Kier molecular flexibility index (Phi) is 5.70. The standard InChI is InChI=1S/C14H21NO3/c1-4-5-6-7-8-13(16)15-9-11(2)12(10-15)14(17)18-3/h1,11-12H,5-10H2,2-3H3. The summed E-state index contributed by atoms with van der Waals surface area (Å²) in [5.41, 5.74) is 0. The van der Waals surface area contributed by atoms with E-state index in [4.69, 9.17) is 11.2 Å². The zero-order chi connectivity index (χ0) is 13.5. The molecule has 0 aliphatic carbocycles. The number of amides is 1. The van der Waals surface area contributed by atoms with Crippen molar-refractivity contribution in [2.75, 3.05) is 20.2 Å². The lowest BCUT2D eigenvalue weighted by Crippen LogP contribution is -2.29. The maximum Gasteiger partial charge on any atom is 0.310 e. The van der Waals surface area contributed by atoms with Crippen LogP contribution in [0.15, 0.2) is 0 Å². The minimum Gasteiger partial charge on any atom is -0.469 e. The molecule has 0 aromatic rings. The number of hydrogen-bond acceptors (Lipinski definition) is 3. The van der Waals surface area contributed by atoms with Crippen LogP contribution < -0.4 is 0 Å². The third-order valence-corrected chi connectivity index (χ3v) is 3.43. The van der Waals surface area contributed by atoms with Crippen molar-refractivity contribution in [1.29, 1.82) is 0 Å². The molecular formula is C14H21NO3. The van der Waals surface area contributed by atoms with E-state index < -0.39 is 0 Å². The van der Waals surface area contributed by atoms with Crippen LogP contribution in [0.5, 0.6) is 0 Å². The number of rotatable bonds is 5. The SMILES string of the molecule is C#CCCCCC(=O)N1CC(C)C(C(=O)OC)C1. The van der Waals surface area contributed by atoms with Crippen LogP contribution in [-0.4, -0.2) is 37.0 Å². The predicted molar refractivity (Wildman–Crippen MR) is 68.6 cm³/mol. The number of methoxy groups -OCH3 is 1. The predicted octanol–water partition coefficient (Wildman–Crippen LogP) is 1.45. The van der Waals surface area contributed by atoms with Crippen LogP contribution >= 0.6 is 0 Å². The lowest BCUT2D eigenvalue weighted by atomic mass is 9.99. The Morgan fingerprint density at radius 1 is 1.39 bits per heavy atom. The highest BCUT2D eigenvalue weighted by Gasteiger charge is 2.37. The second-order valence-corrected chi connectivity index (χ2v) is 4.82. The summed E-state index contributed by atoms with van der Waals surface area (Å²) in [5.74, 6) is 2.46. The fourth-order valence-electron chi connectivity index (χ4n) is 2.29. The van der Waals surface area contributed by atoms with E-state index in [2.05, 4.69) is 5.92 Å². The quantitative estimate of drug-likeness (QED) is 0.422. The van der Waals surface area contributed by atoms with Gasteiger partial charge in [-0.25, -0.2) is 0 Å². The molecule has 1 amide bonds. The van der Waals surface area contributed by atoms with Gasteiger partial charge in [0.1, 0.15) is 0 Å². The highest BCUT2D eigenvalue weighted by Crippen LogP contribution is 2.24. The first-order valence-corrected chi connectivity index (χ1v) is 6.39. The monoisotopic (exact) mass is 251 g/mol. The summed E-state index contributed by atoms with van der Waals surface area (Å²) in [5, 5.41) is 0. The maximum absolute atomic E-state index is 11.9. The van der Waals surface area contributed by atoms with Gasteiger partial charge in [-0.3, -0.25) is 9.59 Å². The summed E-state index contributed by atoms with van der Waals surface area (Å²) in [7, 11) is 1.39. The number of likely N-dealkylation sites (tertiary alicyclic amines) is 1. The fraction of sp³-hybridized carbons (Fsp3) is 0.714. The van der Waals surface area contributed by atoms with Crippen LogP contribution in [0.3, 0.4) is 0 Å². The van der Waals surface area contributed by atoms with E-state index in [0.717, 1.165) is 12.8 Å². The maximum atomic E-state index is 11.9. The van der Waals surface area contributed by atoms with Gasteiger partial charge in [-0.2, -0.15) is 0 Å². The lowest BCUT2D eigenvalue weighted by molar-refractivity contribution is -0.146. The number of unbranched alkanes of at least 4 members (excludes halogenated alkanes) is 2. The zero-order valence-corrected chi connectivity index (χ0v) is 11.1. The molecule has 0 aromatic heterocycles. The van der Waals surface area contributed by atoms with E-state index in [1.165, 1.54) is 7.11 Å². The van der Waals surface area contributed by atoms with Crippen molar-refractivity contribution >= 4 is 11.9 Å². The molecule has 2 atom stereocenters. The highest BCUT2D eigenvalue weighted by atomic mass is 16.5. The van der Waals surface area contributed by atoms with Gasteiger partial charge in [0.15, 0.2) is 0 Å². The number of esters is 1. The molecule has 1 fully saturated rings. The second-order valence-electron chi connectivity index (χ2n) is 4.82. The minimum absolute atomic E-state index is 0.116. The average Bonchev–Trinajstić information content (AvgIpc) is 2.75. The number of terminal acetylenes is 1. The summed E-state index contributed by atoms with van der Waals surface area (Å²) < 4.78 is 4.75. The molecule has 0 radical (unpaired) electrons. The van der Waals surface area contributed by atoms with Crippen molar-refractivity contribution in [2.45, 2.75) is 32.6 Å². The average molecular weight is 251 g/mol. The molecule has 0 saturated carbocycles. The molecule has 1 heterocycles. The molecule has 2 unspecified atom stereocenters. The van der Waals surface area contributed by atoms with Crippen LogP contribution in [0.25, 0.3) is 0 Å². The summed E-state index contributed by atoms with van der Waals surface area (Å²) in [6, 6.07) is 0. The Hall–Kier alpha value is -1.50. The van der Waals surface area contributed by atoms with Crippen LogP contribution in [0.1, 0.15) is 32.6 Å². The molecule has 18 heavy (non-hydrogen) atoms. The number of hydrogen-bond donors (Lipinski definition) is 0. The first-order chi connectivity index (χ1) is 8.60. The second kappa shape index (κ2) is 7.05. The molecule has 1 aliphatic heterocycles. The highest BCUT2D eigenvalue weighted by molar-refractivity contribution is 5.79. The van der Waals surface area contributed by atoms with Crippen LogP contribution in [-0.2, 0) is 14.3 Å². The fourth-order valence-corrected chi connectivity index (χ4v) is 2.29. The molecule has 1 saturated heterocycles. The van der Waals surface area contributed by atoms with E-state index >= 15 is 0 Å². The summed E-state index contributed by atoms with van der Waals surface area (Å²) in [6.45, 7) is 3.11. The normalized spacial score (nSPS) is 22.6. The topological polar surface area (TPSA) is 46.6 Å². The van der Waals surface area contributed by atoms with E-state index in [1.54, 1.807) is 4.90 Å². The van der Waals surface area contributed by atoms with Crippen molar-refractivity contribution < 1.29 is 14.3 Å². The van der Waals surface area contributed by atoms with Gasteiger partial charge in [0.25, 0.3) is 0 Å². The lowest BCUT2D eigenvalue weighted by Gasteiger charge is -2.15. The van der Waals surface area contributed by atoms with Gasteiger partial charge in [-0.15, -0.1) is 12.3 Å². The third kappa shape index (κ3) is 3.76. The van der Waals surface area contributed by atoms with Crippen molar-refractivity contribution in [3.8, 4) is 12.3 Å². The number of nitrogens with zero attached hydrogens (tertiary/aromatic N) is 1. The van der Waals surface area contributed by atoms with Gasteiger partial charge in [-0.1, -0.05) is 6.92 Å². The van der Waals surface area contributed by atoms with E-state index in [-0.39, 0.29) is 23.7 Å². The molecule has 0 spiro atoms. The smallest absolute Gasteiger partial charge is 0.310 e. The molecule has 1 rings (SSSR count). The minimum atomic E-state index is -0.217. The first-order valence-electron chi connectivity index (χ1n) is 6.39. The van der Waals surface area contributed by atoms with Gasteiger partial charge >= 0.3 is 5.97 Å². The van der Waals surface area contributed by atoms with Crippen molar-refractivity contribution in [3.63, 3.8) is 0 Å². The Bertz CT molecular complexity index is 345. The van der Waals surface area contributed by atoms with E-state index in [0.29, 0.717) is 25.9 Å². The van der Waals surface area contributed by atoms with Crippen molar-refractivity contribution in [2.24, 2.45) is 11.8 Å². The molecule has 4 nitrogen and oxygen atoms in total. The molecule has 0 bridgehead atoms. The summed E-state index contributed by atoms with van der Waals surface area (Å²) >= 11 is 0. The largest absolute Gasteiger partial charge is 0.469 e. The Morgan fingerprint density at radius 3 is 2.72 bits per heavy atom. The Labute approximate surface area is 109 Å². The molecule has 1 aliphatic rings. The molecule has 4 heteroatoms. The van der Waals surface area contributed by atoms with Gasteiger partial charge < -0.3 is 9.64 Å². The zero-order valence-electron chi connectivity index (χ0n) is 11.1. The number of carbonyl (C=O) groups is 2. The first kappa shape index (κ1) is 14.6. The van der Waals surface area contributed by atoms with Gasteiger partial charge in [-0.05, 0) is 18.8 Å². The Morgan fingerprint density at radius 2 is 2.11 bits per heavy atom. The summed E-state index contributed by atoms with van der Waals surface area (Å²) in [4.78, 5) is 25.2. The molecule has 0 N–H and O–H groups in total. The Balaban J connectivity index is 2.38. The number of ether oxygens (including phenoxy) is 1. The van der Waals surface area contributed by atoms with E-state index in [9.17, 15) is 9.59 Å². The summed E-state index contributed by atoms with van der Waals surface area (Å²) in [6.07, 6.45) is 8.09. The van der Waals surface area contributed by atoms with Crippen LogP contribution in [0.2, 0.25) is 0 Å². The van der Waals surface area contributed by atoms with Crippen LogP contribution in [0.4, 0.5) is 0 Å². The van der Waals surface area contributed by atoms with Crippen LogP contribution in [0, 0.1) is 24.2 Å². The van der Waals surface area contributed by atoms with E-state index in [1.807, 2.05) is 6.92 Å². The molecule has 100 valence electrons. The van der Waals surface area contributed by atoms with Gasteiger partial charge in [0, 0.05) is 25.9 Å². The van der Waals surface area contributed by atoms with Gasteiger partial charge in [0.05, 0.1) is 13.0 Å². The molecular weight excluding hydrogens is 230 g/mol. The third-order valence-electron chi connectivity index (χ3n) is 3.43. The number of carbonyl (C=O) groups excluding carboxylic acids is 2. The van der Waals surface area contributed by atoms with Gasteiger partial charge in [0.2, 0.25) is 5.91 Å². The molecule has 0 aromatic carbocycles.